The van der Waals surface area contributed by atoms with Crippen molar-refractivity contribution in [2.75, 3.05) is 13.2 Å². The normalized spacial score (nSPS) is 23.5. The standard InChI is InChI=1S/C23H28O4/c1-4-26-21(24)23(22(25)27-5-2)15-20-18(16(23)3)13-9-10-14-19(20)17-11-7-6-8-12-17/h6-9,11-13,16,18H,4-5,10,14-15H2,1-3H3/t16-,18-/m1/s1. The molecule has 0 heterocycles. The Morgan fingerprint density at radius 3 is 2.30 bits per heavy atom. The Labute approximate surface area is 161 Å². The Balaban J connectivity index is 2.13. The Kier molecular flexibility index (Phi) is 5.83. The van der Waals surface area contributed by atoms with Gasteiger partial charge in [0, 0.05) is 5.92 Å². The number of fused-ring (bicyclic) bond motifs is 1. The van der Waals surface area contributed by atoms with Crippen LogP contribution >= 0.6 is 0 Å². The lowest BCUT2D eigenvalue weighted by Gasteiger charge is -2.29. The first-order chi connectivity index (χ1) is 13.1. The monoisotopic (exact) mass is 368 g/mol. The number of carbonyl (C=O) groups is 2. The number of hydrogen-bond donors (Lipinski definition) is 0. The number of allylic oxidation sites excluding steroid dienone is 4. The summed E-state index contributed by atoms with van der Waals surface area (Å²) in [6, 6.07) is 10.3. The number of benzene rings is 1. The van der Waals surface area contributed by atoms with E-state index in [0.29, 0.717) is 6.42 Å². The molecule has 0 amide bonds. The maximum atomic E-state index is 13.0. The SMILES string of the molecule is CCOC(=O)C1(C(=O)OCC)CC2=C(c3ccccc3)CCC=C[C@@H]2[C@H]1C. The molecule has 2 aliphatic carbocycles. The molecule has 0 aliphatic heterocycles. The molecule has 0 saturated heterocycles. The van der Waals surface area contributed by atoms with Crippen LogP contribution in [0.25, 0.3) is 5.57 Å². The maximum Gasteiger partial charge on any atom is 0.324 e. The van der Waals surface area contributed by atoms with Gasteiger partial charge in [0.15, 0.2) is 5.41 Å². The van der Waals surface area contributed by atoms with Crippen molar-refractivity contribution in [3.8, 4) is 0 Å². The summed E-state index contributed by atoms with van der Waals surface area (Å²) in [5.41, 5.74) is 2.31. The molecule has 4 nitrogen and oxygen atoms in total. The second kappa shape index (κ2) is 8.12. The highest BCUT2D eigenvalue weighted by molar-refractivity contribution is 6.02. The Hall–Kier alpha value is -2.36. The van der Waals surface area contributed by atoms with Gasteiger partial charge < -0.3 is 9.47 Å². The molecule has 27 heavy (non-hydrogen) atoms. The lowest BCUT2D eigenvalue weighted by Crippen LogP contribution is -2.45. The Bertz CT molecular complexity index is 742. The molecule has 4 heteroatoms. The fourth-order valence-electron chi connectivity index (χ4n) is 4.50. The van der Waals surface area contributed by atoms with E-state index in [0.717, 1.165) is 18.4 Å². The average Bonchev–Trinajstić information content (AvgIpc) is 2.83. The summed E-state index contributed by atoms with van der Waals surface area (Å²) in [5.74, 6) is -1.09. The van der Waals surface area contributed by atoms with Crippen molar-refractivity contribution in [1.82, 2.24) is 0 Å². The van der Waals surface area contributed by atoms with E-state index < -0.39 is 17.4 Å². The lowest BCUT2D eigenvalue weighted by atomic mass is 9.76. The second-order valence-corrected chi connectivity index (χ2v) is 7.24. The molecule has 1 aromatic carbocycles. The van der Waals surface area contributed by atoms with Crippen molar-refractivity contribution in [2.45, 2.75) is 40.0 Å². The van der Waals surface area contributed by atoms with Gasteiger partial charge in [0.05, 0.1) is 13.2 Å². The van der Waals surface area contributed by atoms with E-state index in [1.807, 2.05) is 25.1 Å². The van der Waals surface area contributed by atoms with Crippen LogP contribution in [0.4, 0.5) is 0 Å². The summed E-state index contributed by atoms with van der Waals surface area (Å²) in [5, 5.41) is 0. The van der Waals surface area contributed by atoms with Gasteiger partial charge in [-0.2, -0.15) is 0 Å². The summed E-state index contributed by atoms with van der Waals surface area (Å²) in [7, 11) is 0. The Morgan fingerprint density at radius 2 is 1.70 bits per heavy atom. The summed E-state index contributed by atoms with van der Waals surface area (Å²) in [4.78, 5) is 26.0. The highest BCUT2D eigenvalue weighted by atomic mass is 16.6. The predicted octanol–water partition coefficient (Wildman–Crippen LogP) is 4.56. The zero-order chi connectivity index (χ0) is 19.4. The van der Waals surface area contributed by atoms with Crippen LogP contribution in [0.1, 0.15) is 45.6 Å². The summed E-state index contributed by atoms with van der Waals surface area (Å²) in [6.45, 7) is 6.01. The molecule has 2 atom stereocenters. The molecule has 0 radical (unpaired) electrons. The van der Waals surface area contributed by atoms with Crippen LogP contribution in [0.5, 0.6) is 0 Å². The minimum absolute atomic E-state index is 0.0384. The van der Waals surface area contributed by atoms with Crippen LogP contribution in [0.3, 0.4) is 0 Å². The van der Waals surface area contributed by atoms with Crippen molar-refractivity contribution in [3.05, 3.63) is 53.6 Å². The highest BCUT2D eigenvalue weighted by Gasteiger charge is 2.60. The van der Waals surface area contributed by atoms with Crippen LogP contribution in [-0.2, 0) is 19.1 Å². The molecule has 0 spiro atoms. The number of esters is 2. The molecule has 1 fully saturated rings. The zero-order valence-corrected chi connectivity index (χ0v) is 16.4. The van der Waals surface area contributed by atoms with Gasteiger partial charge >= 0.3 is 11.9 Å². The van der Waals surface area contributed by atoms with Gasteiger partial charge in [-0.3, -0.25) is 9.59 Å². The first kappa shape index (κ1) is 19.4. The van der Waals surface area contributed by atoms with Crippen molar-refractivity contribution in [2.24, 2.45) is 17.3 Å². The van der Waals surface area contributed by atoms with Crippen LogP contribution in [0, 0.1) is 17.3 Å². The molecule has 0 unspecified atom stereocenters. The van der Waals surface area contributed by atoms with E-state index in [9.17, 15) is 9.59 Å². The number of rotatable bonds is 5. The first-order valence-electron chi connectivity index (χ1n) is 9.84. The van der Waals surface area contributed by atoms with Gasteiger partial charge in [-0.05, 0) is 50.2 Å². The number of hydrogen-bond acceptors (Lipinski definition) is 4. The molecule has 0 bridgehead atoms. The molecular weight excluding hydrogens is 340 g/mol. The van der Waals surface area contributed by atoms with Crippen LogP contribution < -0.4 is 0 Å². The van der Waals surface area contributed by atoms with Gasteiger partial charge in [-0.15, -0.1) is 0 Å². The van der Waals surface area contributed by atoms with Crippen LogP contribution in [0.15, 0.2) is 48.1 Å². The Morgan fingerprint density at radius 1 is 1.07 bits per heavy atom. The topological polar surface area (TPSA) is 52.6 Å². The molecule has 3 rings (SSSR count). The first-order valence-corrected chi connectivity index (χ1v) is 9.84. The maximum absolute atomic E-state index is 13.0. The van der Waals surface area contributed by atoms with Crippen molar-refractivity contribution in [1.29, 1.82) is 0 Å². The quantitative estimate of drug-likeness (QED) is 0.434. The number of ether oxygens (including phenoxy) is 2. The third-order valence-corrected chi connectivity index (χ3v) is 5.88. The molecule has 1 aromatic rings. The largest absolute Gasteiger partial charge is 0.465 e. The van der Waals surface area contributed by atoms with E-state index in [1.165, 1.54) is 11.1 Å². The zero-order valence-electron chi connectivity index (χ0n) is 16.4. The van der Waals surface area contributed by atoms with E-state index in [-0.39, 0.29) is 25.0 Å². The molecule has 0 aromatic heterocycles. The second-order valence-electron chi connectivity index (χ2n) is 7.24. The van der Waals surface area contributed by atoms with Crippen molar-refractivity contribution < 1.29 is 19.1 Å². The smallest absolute Gasteiger partial charge is 0.324 e. The minimum Gasteiger partial charge on any atom is -0.465 e. The van der Waals surface area contributed by atoms with E-state index in [1.54, 1.807) is 13.8 Å². The highest BCUT2D eigenvalue weighted by Crippen LogP contribution is 2.55. The molecule has 0 N–H and O–H groups in total. The predicted molar refractivity (Wildman–Crippen MR) is 105 cm³/mol. The van der Waals surface area contributed by atoms with Gasteiger partial charge in [0.2, 0.25) is 0 Å². The van der Waals surface area contributed by atoms with E-state index in [4.69, 9.17) is 9.47 Å². The fourth-order valence-corrected chi connectivity index (χ4v) is 4.50. The van der Waals surface area contributed by atoms with Gasteiger partial charge in [0.1, 0.15) is 0 Å². The fraction of sp³-hybridized carbons (Fsp3) is 0.478. The van der Waals surface area contributed by atoms with Crippen LogP contribution in [0.2, 0.25) is 0 Å². The van der Waals surface area contributed by atoms with Crippen molar-refractivity contribution in [3.63, 3.8) is 0 Å². The third-order valence-electron chi connectivity index (χ3n) is 5.88. The van der Waals surface area contributed by atoms with Crippen molar-refractivity contribution >= 4 is 17.5 Å². The molecule has 2 aliphatic rings. The summed E-state index contributed by atoms with van der Waals surface area (Å²) in [6.07, 6.45) is 6.56. The summed E-state index contributed by atoms with van der Waals surface area (Å²) >= 11 is 0. The van der Waals surface area contributed by atoms with E-state index >= 15 is 0 Å². The van der Waals surface area contributed by atoms with E-state index in [2.05, 4.69) is 24.3 Å². The number of carbonyl (C=O) groups excluding carboxylic acids is 2. The van der Waals surface area contributed by atoms with Gasteiger partial charge in [-0.1, -0.05) is 55.0 Å². The third kappa shape index (κ3) is 3.33. The van der Waals surface area contributed by atoms with Gasteiger partial charge in [0.25, 0.3) is 0 Å². The molecular formula is C23H28O4. The van der Waals surface area contributed by atoms with Gasteiger partial charge in [-0.25, -0.2) is 0 Å². The molecule has 1 saturated carbocycles. The molecule has 144 valence electrons. The minimum atomic E-state index is -1.27. The average molecular weight is 368 g/mol. The lowest BCUT2D eigenvalue weighted by molar-refractivity contribution is -0.175. The van der Waals surface area contributed by atoms with Crippen LogP contribution in [-0.4, -0.2) is 25.2 Å². The summed E-state index contributed by atoms with van der Waals surface area (Å²) < 4.78 is 10.7.